The van der Waals surface area contributed by atoms with Gasteiger partial charge in [0.1, 0.15) is 11.5 Å². The Morgan fingerprint density at radius 3 is 1.56 bits per heavy atom. The van der Waals surface area contributed by atoms with Crippen molar-refractivity contribution in [1.82, 2.24) is 0 Å². The fraction of sp³-hybridized carbons (Fsp3) is 0.478. The van der Waals surface area contributed by atoms with Gasteiger partial charge in [0.15, 0.2) is 0 Å². The Hall–Kier alpha value is -1.96. The molecular weight excluding hydrogens is 308 g/mol. The Bertz CT molecular complexity index is 650. The van der Waals surface area contributed by atoms with E-state index in [0.717, 1.165) is 17.9 Å². The quantitative estimate of drug-likeness (QED) is 0.697. The number of methoxy groups -OCH3 is 2. The van der Waals surface area contributed by atoms with Gasteiger partial charge in [-0.05, 0) is 66.0 Å². The molecule has 1 unspecified atom stereocenters. The van der Waals surface area contributed by atoms with Gasteiger partial charge in [-0.15, -0.1) is 0 Å². The first-order valence-corrected chi connectivity index (χ1v) is 9.18. The molecule has 0 saturated heterocycles. The monoisotopic (exact) mass is 338 g/mol. The molecular formula is C23H30O2. The SMILES string of the molecule is COc1ccc(C2(c3ccc(OC)cc3)CC(C)CC(C)(C)C2)cc1. The van der Waals surface area contributed by atoms with E-state index in [2.05, 4.69) is 69.3 Å². The fourth-order valence-electron chi connectivity index (χ4n) is 5.00. The summed E-state index contributed by atoms with van der Waals surface area (Å²) in [6.07, 6.45) is 3.61. The summed E-state index contributed by atoms with van der Waals surface area (Å²) in [5.74, 6) is 2.52. The molecule has 0 aromatic heterocycles. The van der Waals surface area contributed by atoms with Crippen molar-refractivity contribution in [2.75, 3.05) is 14.2 Å². The molecule has 2 heteroatoms. The highest BCUT2D eigenvalue weighted by Gasteiger charge is 2.45. The first-order chi connectivity index (χ1) is 11.9. The van der Waals surface area contributed by atoms with Crippen LogP contribution in [0.2, 0.25) is 0 Å². The average Bonchev–Trinajstić information content (AvgIpc) is 2.60. The lowest BCUT2D eigenvalue weighted by atomic mass is 9.55. The Balaban J connectivity index is 2.12. The summed E-state index contributed by atoms with van der Waals surface area (Å²) in [5.41, 5.74) is 3.13. The molecule has 1 atom stereocenters. The van der Waals surface area contributed by atoms with Crippen LogP contribution in [0.15, 0.2) is 48.5 Å². The predicted octanol–water partition coefficient (Wildman–Crippen LogP) is 5.84. The van der Waals surface area contributed by atoms with Gasteiger partial charge in [0.2, 0.25) is 0 Å². The van der Waals surface area contributed by atoms with Crippen LogP contribution in [0.1, 0.15) is 51.2 Å². The van der Waals surface area contributed by atoms with Crippen molar-refractivity contribution < 1.29 is 9.47 Å². The van der Waals surface area contributed by atoms with E-state index in [-0.39, 0.29) is 5.41 Å². The number of hydrogen-bond donors (Lipinski definition) is 0. The van der Waals surface area contributed by atoms with Gasteiger partial charge in [0.25, 0.3) is 0 Å². The summed E-state index contributed by atoms with van der Waals surface area (Å²) < 4.78 is 10.7. The largest absolute Gasteiger partial charge is 0.497 e. The standard InChI is InChI=1S/C23H30O2/c1-17-14-22(2,3)16-23(15-17,18-6-10-20(24-4)11-7-18)19-8-12-21(25-5)13-9-19/h6-13,17H,14-16H2,1-5H3. The van der Waals surface area contributed by atoms with Crippen molar-refractivity contribution in [2.45, 2.75) is 45.4 Å². The zero-order valence-corrected chi connectivity index (χ0v) is 16.1. The fourth-order valence-corrected chi connectivity index (χ4v) is 5.00. The molecule has 2 aromatic carbocycles. The third kappa shape index (κ3) is 3.53. The maximum absolute atomic E-state index is 5.37. The van der Waals surface area contributed by atoms with E-state index in [1.165, 1.54) is 24.0 Å². The van der Waals surface area contributed by atoms with Crippen LogP contribution in [0.4, 0.5) is 0 Å². The molecule has 0 amide bonds. The molecule has 1 saturated carbocycles. The molecule has 0 radical (unpaired) electrons. The van der Waals surface area contributed by atoms with Crippen LogP contribution in [0, 0.1) is 11.3 Å². The van der Waals surface area contributed by atoms with Crippen molar-refractivity contribution in [3.63, 3.8) is 0 Å². The van der Waals surface area contributed by atoms with Crippen LogP contribution in [-0.2, 0) is 5.41 Å². The molecule has 0 spiro atoms. The highest BCUT2D eigenvalue weighted by molar-refractivity contribution is 5.44. The summed E-state index contributed by atoms with van der Waals surface area (Å²) in [7, 11) is 3.44. The summed E-state index contributed by atoms with van der Waals surface area (Å²) >= 11 is 0. The number of ether oxygens (including phenoxy) is 2. The minimum absolute atomic E-state index is 0.0414. The molecule has 134 valence electrons. The van der Waals surface area contributed by atoms with Gasteiger partial charge in [-0.3, -0.25) is 0 Å². The Morgan fingerprint density at radius 1 is 0.760 bits per heavy atom. The van der Waals surface area contributed by atoms with Crippen LogP contribution < -0.4 is 9.47 Å². The average molecular weight is 338 g/mol. The predicted molar refractivity (Wildman–Crippen MR) is 104 cm³/mol. The van der Waals surface area contributed by atoms with Gasteiger partial charge in [-0.25, -0.2) is 0 Å². The zero-order valence-electron chi connectivity index (χ0n) is 16.1. The van der Waals surface area contributed by atoms with Crippen LogP contribution in [0.5, 0.6) is 11.5 Å². The lowest BCUT2D eigenvalue weighted by Gasteiger charge is -2.48. The summed E-state index contributed by atoms with van der Waals surface area (Å²) in [6, 6.07) is 17.3. The topological polar surface area (TPSA) is 18.5 Å². The van der Waals surface area contributed by atoms with Crippen molar-refractivity contribution in [2.24, 2.45) is 11.3 Å². The van der Waals surface area contributed by atoms with E-state index in [4.69, 9.17) is 9.47 Å². The molecule has 25 heavy (non-hydrogen) atoms. The van der Waals surface area contributed by atoms with Gasteiger partial charge < -0.3 is 9.47 Å². The van der Waals surface area contributed by atoms with Crippen LogP contribution in [-0.4, -0.2) is 14.2 Å². The lowest BCUT2D eigenvalue weighted by molar-refractivity contribution is 0.127. The van der Waals surface area contributed by atoms with E-state index in [1.807, 2.05) is 0 Å². The normalized spacial score (nSPS) is 21.6. The zero-order chi connectivity index (χ0) is 18.1. The summed E-state index contributed by atoms with van der Waals surface area (Å²) in [6.45, 7) is 7.21. The number of rotatable bonds is 4. The number of benzene rings is 2. The van der Waals surface area contributed by atoms with E-state index < -0.39 is 0 Å². The molecule has 1 aliphatic rings. The maximum Gasteiger partial charge on any atom is 0.118 e. The summed E-state index contributed by atoms with van der Waals surface area (Å²) in [5, 5.41) is 0. The lowest BCUT2D eigenvalue weighted by Crippen LogP contribution is -2.41. The smallest absolute Gasteiger partial charge is 0.118 e. The minimum Gasteiger partial charge on any atom is -0.497 e. The first-order valence-electron chi connectivity index (χ1n) is 9.18. The number of hydrogen-bond acceptors (Lipinski definition) is 2. The van der Waals surface area contributed by atoms with Gasteiger partial charge in [0, 0.05) is 5.41 Å². The highest BCUT2D eigenvalue weighted by Crippen LogP contribution is 2.53. The van der Waals surface area contributed by atoms with Gasteiger partial charge in [-0.2, -0.15) is 0 Å². The molecule has 0 bridgehead atoms. The third-order valence-electron chi connectivity index (χ3n) is 5.66. The van der Waals surface area contributed by atoms with Crippen LogP contribution >= 0.6 is 0 Å². The van der Waals surface area contributed by atoms with Crippen molar-refractivity contribution in [3.8, 4) is 11.5 Å². The van der Waals surface area contributed by atoms with Crippen molar-refractivity contribution in [3.05, 3.63) is 59.7 Å². The second-order valence-electron chi connectivity index (χ2n) is 8.39. The second kappa shape index (κ2) is 6.74. The van der Waals surface area contributed by atoms with Crippen molar-refractivity contribution in [1.29, 1.82) is 0 Å². The van der Waals surface area contributed by atoms with Gasteiger partial charge in [-0.1, -0.05) is 45.0 Å². The van der Waals surface area contributed by atoms with E-state index in [1.54, 1.807) is 14.2 Å². The highest BCUT2D eigenvalue weighted by atomic mass is 16.5. The minimum atomic E-state index is 0.0414. The van der Waals surface area contributed by atoms with E-state index in [9.17, 15) is 0 Å². The summed E-state index contributed by atoms with van der Waals surface area (Å²) in [4.78, 5) is 0. The van der Waals surface area contributed by atoms with Crippen LogP contribution in [0.25, 0.3) is 0 Å². The second-order valence-corrected chi connectivity index (χ2v) is 8.39. The molecule has 0 aliphatic heterocycles. The Kier molecular flexibility index (Phi) is 4.81. The molecule has 1 aliphatic carbocycles. The molecule has 2 aromatic rings. The molecule has 1 fully saturated rings. The molecule has 0 N–H and O–H groups in total. The molecule has 0 heterocycles. The maximum atomic E-state index is 5.37. The van der Waals surface area contributed by atoms with Gasteiger partial charge >= 0.3 is 0 Å². The van der Waals surface area contributed by atoms with E-state index >= 15 is 0 Å². The van der Waals surface area contributed by atoms with E-state index in [0.29, 0.717) is 11.3 Å². The molecule has 3 rings (SSSR count). The van der Waals surface area contributed by atoms with Gasteiger partial charge in [0.05, 0.1) is 14.2 Å². The van der Waals surface area contributed by atoms with Crippen molar-refractivity contribution >= 4 is 0 Å². The molecule has 2 nitrogen and oxygen atoms in total. The Labute approximate surface area is 152 Å². The first kappa shape index (κ1) is 17.8. The third-order valence-corrected chi connectivity index (χ3v) is 5.66. The Morgan fingerprint density at radius 2 is 1.20 bits per heavy atom. The van der Waals surface area contributed by atoms with Crippen LogP contribution in [0.3, 0.4) is 0 Å².